The molecule has 0 bridgehead atoms. The van der Waals surface area contributed by atoms with Crippen LogP contribution >= 0.6 is 0 Å². The van der Waals surface area contributed by atoms with Gasteiger partial charge in [0.05, 0.1) is 11.4 Å². The summed E-state index contributed by atoms with van der Waals surface area (Å²) in [5.74, 6) is 0.505. The van der Waals surface area contributed by atoms with E-state index in [1.807, 2.05) is 12.1 Å². The van der Waals surface area contributed by atoms with E-state index in [1.165, 1.54) is 12.8 Å². The molecule has 0 spiro atoms. The van der Waals surface area contributed by atoms with E-state index in [4.69, 9.17) is 5.73 Å². The van der Waals surface area contributed by atoms with E-state index in [0.29, 0.717) is 17.5 Å². The molecule has 19 heavy (non-hydrogen) atoms. The van der Waals surface area contributed by atoms with Gasteiger partial charge in [0, 0.05) is 25.2 Å². The first-order chi connectivity index (χ1) is 9.02. The zero-order valence-electron chi connectivity index (χ0n) is 11.9. The normalized spacial score (nSPS) is 14.5. The number of nitrogens with two attached hydrogens (primary N) is 1. The molecule has 0 radical (unpaired) electrons. The van der Waals surface area contributed by atoms with Gasteiger partial charge in [-0.15, -0.1) is 0 Å². The minimum Gasteiger partial charge on any atom is -0.397 e. The molecule has 1 amide bonds. The summed E-state index contributed by atoms with van der Waals surface area (Å²) in [7, 11) is 1.64. The van der Waals surface area contributed by atoms with Crippen molar-refractivity contribution >= 4 is 17.3 Å². The Balaban J connectivity index is 2.32. The van der Waals surface area contributed by atoms with E-state index in [9.17, 15) is 4.79 Å². The molecule has 0 heterocycles. The van der Waals surface area contributed by atoms with Crippen LogP contribution in [0.2, 0.25) is 0 Å². The minimum atomic E-state index is -0.0680. The number of rotatable bonds is 5. The molecule has 2 rings (SSSR count). The van der Waals surface area contributed by atoms with E-state index >= 15 is 0 Å². The summed E-state index contributed by atoms with van der Waals surface area (Å²) in [5.41, 5.74) is 8.52. The number of anilines is 2. The molecule has 0 aromatic heterocycles. The molecule has 1 fully saturated rings. The first kappa shape index (κ1) is 13.7. The number of hydrogen-bond donors (Lipinski definition) is 2. The Kier molecular flexibility index (Phi) is 3.98. The Bertz CT molecular complexity index is 466. The number of hydrogen-bond acceptors (Lipinski definition) is 3. The number of carbonyl (C=O) groups is 1. The summed E-state index contributed by atoms with van der Waals surface area (Å²) < 4.78 is 0. The van der Waals surface area contributed by atoms with Gasteiger partial charge in [-0.2, -0.15) is 0 Å². The number of nitrogens with one attached hydrogen (secondary N) is 1. The molecule has 0 atom stereocenters. The number of nitrogen functional groups attached to an aromatic ring is 1. The van der Waals surface area contributed by atoms with Gasteiger partial charge in [-0.1, -0.05) is 13.8 Å². The second kappa shape index (κ2) is 5.51. The Hall–Kier alpha value is -1.71. The molecule has 0 unspecified atom stereocenters. The molecule has 104 valence electrons. The molecule has 1 saturated carbocycles. The molecule has 4 heteroatoms. The molecule has 0 aliphatic heterocycles. The average molecular weight is 261 g/mol. The smallest absolute Gasteiger partial charge is 0.251 e. The first-order valence-corrected chi connectivity index (χ1v) is 6.91. The molecule has 4 nitrogen and oxygen atoms in total. The Morgan fingerprint density at radius 2 is 2.16 bits per heavy atom. The molecular formula is C15H23N3O. The third-order valence-corrected chi connectivity index (χ3v) is 3.38. The fourth-order valence-electron chi connectivity index (χ4n) is 2.30. The van der Waals surface area contributed by atoms with Crippen LogP contribution in [0.25, 0.3) is 0 Å². The average Bonchev–Trinajstić information content (AvgIpc) is 3.20. The van der Waals surface area contributed by atoms with Crippen molar-refractivity contribution in [2.45, 2.75) is 32.7 Å². The predicted octanol–water partition coefficient (Wildman–Crippen LogP) is 2.25. The topological polar surface area (TPSA) is 58.4 Å². The summed E-state index contributed by atoms with van der Waals surface area (Å²) in [4.78, 5) is 14.1. The second-order valence-electron chi connectivity index (χ2n) is 5.63. The summed E-state index contributed by atoms with van der Waals surface area (Å²) >= 11 is 0. The van der Waals surface area contributed by atoms with Gasteiger partial charge in [0.25, 0.3) is 5.91 Å². The van der Waals surface area contributed by atoms with Gasteiger partial charge in [0.2, 0.25) is 0 Å². The summed E-state index contributed by atoms with van der Waals surface area (Å²) in [5, 5.41) is 2.65. The van der Waals surface area contributed by atoms with Gasteiger partial charge < -0.3 is 16.0 Å². The fraction of sp³-hybridized carbons (Fsp3) is 0.533. The van der Waals surface area contributed by atoms with Crippen LogP contribution in [0.5, 0.6) is 0 Å². The van der Waals surface area contributed by atoms with Gasteiger partial charge >= 0.3 is 0 Å². The van der Waals surface area contributed by atoms with E-state index in [-0.39, 0.29) is 5.91 Å². The molecule has 1 aromatic rings. The third-order valence-electron chi connectivity index (χ3n) is 3.38. The molecule has 1 aromatic carbocycles. The Morgan fingerprint density at radius 1 is 1.47 bits per heavy atom. The van der Waals surface area contributed by atoms with Crippen LogP contribution in [-0.2, 0) is 0 Å². The van der Waals surface area contributed by atoms with Crippen LogP contribution in [0.4, 0.5) is 11.4 Å². The van der Waals surface area contributed by atoms with Crippen molar-refractivity contribution < 1.29 is 4.79 Å². The van der Waals surface area contributed by atoms with Gasteiger partial charge in [-0.25, -0.2) is 0 Å². The van der Waals surface area contributed by atoms with Crippen LogP contribution in [0.15, 0.2) is 18.2 Å². The van der Waals surface area contributed by atoms with Gasteiger partial charge in [-0.3, -0.25) is 4.79 Å². The summed E-state index contributed by atoms with van der Waals surface area (Å²) in [6.07, 6.45) is 2.44. The van der Waals surface area contributed by atoms with Crippen molar-refractivity contribution in [3.05, 3.63) is 23.8 Å². The van der Waals surface area contributed by atoms with Crippen LogP contribution in [0, 0.1) is 5.92 Å². The number of amides is 1. The van der Waals surface area contributed by atoms with E-state index < -0.39 is 0 Å². The van der Waals surface area contributed by atoms with Crippen molar-refractivity contribution in [1.29, 1.82) is 0 Å². The maximum Gasteiger partial charge on any atom is 0.251 e. The van der Waals surface area contributed by atoms with Gasteiger partial charge in [-0.05, 0) is 37.0 Å². The standard InChI is InChI=1S/C15H23N3O/c1-10(2)9-18(12-5-6-12)14-8-11(15(19)17-3)4-7-13(14)16/h4,7-8,10,12H,5-6,9,16H2,1-3H3,(H,17,19). The Morgan fingerprint density at radius 3 is 2.68 bits per heavy atom. The molecule has 1 aliphatic carbocycles. The molecule has 1 aliphatic rings. The molecular weight excluding hydrogens is 238 g/mol. The highest BCUT2D eigenvalue weighted by Crippen LogP contribution is 2.35. The third kappa shape index (κ3) is 3.19. The summed E-state index contributed by atoms with van der Waals surface area (Å²) in [6, 6.07) is 6.10. The van der Waals surface area contributed by atoms with Crippen LogP contribution in [-0.4, -0.2) is 25.5 Å². The second-order valence-corrected chi connectivity index (χ2v) is 5.63. The maximum absolute atomic E-state index is 11.7. The SMILES string of the molecule is CNC(=O)c1ccc(N)c(N(CC(C)C)C2CC2)c1. The fourth-order valence-corrected chi connectivity index (χ4v) is 2.30. The highest BCUT2D eigenvalue weighted by molar-refractivity contribution is 5.96. The minimum absolute atomic E-state index is 0.0680. The quantitative estimate of drug-likeness (QED) is 0.799. The zero-order valence-corrected chi connectivity index (χ0v) is 11.9. The lowest BCUT2D eigenvalue weighted by Crippen LogP contribution is -2.31. The highest BCUT2D eigenvalue weighted by Gasteiger charge is 2.30. The number of benzene rings is 1. The lowest BCUT2D eigenvalue weighted by atomic mass is 10.1. The van der Waals surface area contributed by atoms with Crippen molar-refractivity contribution in [3.63, 3.8) is 0 Å². The van der Waals surface area contributed by atoms with Crippen LogP contribution < -0.4 is 16.0 Å². The van der Waals surface area contributed by atoms with E-state index in [0.717, 1.165) is 17.9 Å². The number of carbonyl (C=O) groups excluding carboxylic acids is 1. The predicted molar refractivity (Wildman–Crippen MR) is 79.5 cm³/mol. The monoisotopic (exact) mass is 261 g/mol. The van der Waals surface area contributed by atoms with Crippen LogP contribution in [0.3, 0.4) is 0 Å². The van der Waals surface area contributed by atoms with Crippen molar-refractivity contribution in [1.82, 2.24) is 5.32 Å². The maximum atomic E-state index is 11.7. The lowest BCUT2D eigenvalue weighted by molar-refractivity contribution is 0.0963. The highest BCUT2D eigenvalue weighted by atomic mass is 16.1. The summed E-state index contributed by atoms with van der Waals surface area (Å²) in [6.45, 7) is 5.38. The van der Waals surface area contributed by atoms with Crippen molar-refractivity contribution in [2.24, 2.45) is 5.92 Å². The molecule has 0 saturated heterocycles. The largest absolute Gasteiger partial charge is 0.397 e. The van der Waals surface area contributed by atoms with Crippen molar-refractivity contribution in [2.75, 3.05) is 24.2 Å². The van der Waals surface area contributed by atoms with E-state index in [1.54, 1.807) is 13.1 Å². The first-order valence-electron chi connectivity index (χ1n) is 6.91. The number of nitrogens with zero attached hydrogens (tertiary/aromatic N) is 1. The van der Waals surface area contributed by atoms with Gasteiger partial charge in [0.1, 0.15) is 0 Å². The molecule has 3 N–H and O–H groups in total. The lowest BCUT2D eigenvalue weighted by Gasteiger charge is -2.28. The van der Waals surface area contributed by atoms with Crippen LogP contribution in [0.1, 0.15) is 37.0 Å². The zero-order chi connectivity index (χ0) is 14.0. The van der Waals surface area contributed by atoms with Gasteiger partial charge in [0.15, 0.2) is 0 Å². The van der Waals surface area contributed by atoms with Crippen molar-refractivity contribution in [3.8, 4) is 0 Å². The Labute approximate surface area is 115 Å². The van der Waals surface area contributed by atoms with E-state index in [2.05, 4.69) is 24.1 Å².